The molecule has 0 aliphatic heterocycles. The monoisotopic (exact) mass is 438 g/mol. The lowest BCUT2D eigenvalue weighted by molar-refractivity contribution is 0.102. The Morgan fingerprint density at radius 3 is 2.50 bits per heavy atom. The van der Waals surface area contributed by atoms with Gasteiger partial charge in [-0.05, 0) is 17.5 Å². The van der Waals surface area contributed by atoms with Crippen molar-refractivity contribution >= 4 is 44.1 Å². The minimum absolute atomic E-state index is 0.315. The minimum Gasteiger partial charge on any atom is -0.298 e. The molecular formula is C19H19ClN2O4S2. The third-order valence-corrected chi connectivity index (χ3v) is 6.97. The van der Waals surface area contributed by atoms with Gasteiger partial charge in [-0.1, -0.05) is 56.4 Å². The van der Waals surface area contributed by atoms with Crippen molar-refractivity contribution in [3.63, 3.8) is 0 Å². The molecule has 28 heavy (non-hydrogen) atoms. The molecule has 3 rings (SSSR count). The van der Waals surface area contributed by atoms with E-state index in [9.17, 15) is 17.8 Å². The molecular weight excluding hydrogens is 420 g/mol. The second-order valence-electron chi connectivity index (χ2n) is 6.69. The summed E-state index contributed by atoms with van der Waals surface area (Å²) in [5, 5.41) is 2.12. The number of rotatable bonds is 5. The highest BCUT2D eigenvalue weighted by Crippen LogP contribution is 2.38. The highest BCUT2D eigenvalue weighted by Gasteiger charge is 2.33. The molecule has 1 amide bonds. The number of carbonyl (C=O) groups is 1. The zero-order valence-corrected chi connectivity index (χ0v) is 17.6. The van der Waals surface area contributed by atoms with E-state index in [1.807, 2.05) is 13.8 Å². The number of hydrogen-bond acceptors (Lipinski definition) is 5. The van der Waals surface area contributed by atoms with Gasteiger partial charge in [-0.25, -0.2) is 4.98 Å². The van der Waals surface area contributed by atoms with Gasteiger partial charge >= 0.3 is 0 Å². The van der Waals surface area contributed by atoms with E-state index in [0.29, 0.717) is 22.2 Å². The van der Waals surface area contributed by atoms with E-state index >= 15 is 0 Å². The topological polar surface area (TPSA) is 96.4 Å². The number of aromatic nitrogens is 1. The van der Waals surface area contributed by atoms with Crippen LogP contribution in [-0.2, 0) is 15.0 Å². The van der Waals surface area contributed by atoms with Gasteiger partial charge < -0.3 is 0 Å². The predicted molar refractivity (Wildman–Crippen MR) is 112 cm³/mol. The van der Waals surface area contributed by atoms with E-state index in [1.165, 1.54) is 35.6 Å². The summed E-state index contributed by atoms with van der Waals surface area (Å²) in [5.74, 6) is -0.0474. The smallest absolute Gasteiger partial charge is 0.275 e. The van der Waals surface area contributed by atoms with Crippen LogP contribution in [0.25, 0.3) is 0 Å². The summed E-state index contributed by atoms with van der Waals surface area (Å²) in [6.45, 7) is 4.10. The molecule has 1 heterocycles. The molecule has 1 aromatic carbocycles. The van der Waals surface area contributed by atoms with Crippen LogP contribution in [0.3, 0.4) is 0 Å². The van der Waals surface area contributed by atoms with Crippen molar-refractivity contribution in [3.8, 4) is 0 Å². The average molecular weight is 439 g/mol. The molecule has 1 aromatic heterocycles. The molecule has 148 valence electrons. The van der Waals surface area contributed by atoms with Crippen LogP contribution in [0.4, 0.5) is 5.13 Å². The molecule has 1 aliphatic rings. The summed E-state index contributed by atoms with van der Waals surface area (Å²) in [4.78, 5) is 16.9. The van der Waals surface area contributed by atoms with Crippen LogP contribution in [0, 0.1) is 0 Å². The number of nitrogens with one attached hydrogen (secondary N) is 1. The number of anilines is 1. The normalized spacial score (nSPS) is 21.8. The highest BCUT2D eigenvalue weighted by atomic mass is 35.5. The molecule has 2 N–H and O–H groups in total. The van der Waals surface area contributed by atoms with Crippen LogP contribution < -0.4 is 5.32 Å². The molecule has 0 saturated heterocycles. The van der Waals surface area contributed by atoms with Gasteiger partial charge in [-0.3, -0.25) is 14.7 Å². The van der Waals surface area contributed by atoms with Crippen molar-refractivity contribution in [1.29, 1.82) is 0 Å². The number of amides is 1. The average Bonchev–Trinajstić information content (AvgIpc) is 3.10. The maximum absolute atomic E-state index is 12.8. The molecule has 1 aliphatic carbocycles. The molecule has 0 spiro atoms. The Balaban J connectivity index is 1.89. The number of alkyl halides is 1. The lowest BCUT2D eigenvalue weighted by Crippen LogP contribution is -2.26. The van der Waals surface area contributed by atoms with E-state index in [0.717, 1.165) is 4.88 Å². The molecule has 0 fully saturated rings. The van der Waals surface area contributed by atoms with Crippen molar-refractivity contribution < 1.29 is 17.8 Å². The van der Waals surface area contributed by atoms with Gasteiger partial charge in [-0.15, -0.1) is 22.9 Å². The van der Waals surface area contributed by atoms with Crippen LogP contribution in [0.2, 0.25) is 0 Å². The Hall–Kier alpha value is -2.00. The summed E-state index contributed by atoms with van der Waals surface area (Å²) in [7, 11) is -4.25. The molecule has 2 aromatic rings. The van der Waals surface area contributed by atoms with Gasteiger partial charge in [0.25, 0.3) is 16.0 Å². The van der Waals surface area contributed by atoms with Crippen molar-refractivity contribution in [1.82, 2.24) is 4.98 Å². The van der Waals surface area contributed by atoms with Crippen LogP contribution in [0.15, 0.2) is 54.8 Å². The van der Waals surface area contributed by atoms with Crippen LogP contribution in [-0.4, -0.2) is 29.1 Å². The third-order valence-electron chi connectivity index (χ3n) is 4.30. The van der Waals surface area contributed by atoms with Crippen LogP contribution in [0.5, 0.6) is 0 Å². The second-order valence-corrected chi connectivity index (χ2v) is 9.95. The largest absolute Gasteiger partial charge is 0.298 e. The van der Waals surface area contributed by atoms with Crippen molar-refractivity contribution in [3.05, 3.63) is 70.8 Å². The number of nitrogens with zero attached hydrogens (tertiary/aromatic N) is 1. The molecule has 0 saturated carbocycles. The first-order chi connectivity index (χ1) is 13.1. The Morgan fingerprint density at radius 1 is 1.29 bits per heavy atom. The summed E-state index contributed by atoms with van der Waals surface area (Å²) in [6, 6.07) is 6.80. The Bertz CT molecular complexity index is 1040. The molecule has 9 heteroatoms. The number of hydrogen-bond donors (Lipinski definition) is 2. The summed E-state index contributed by atoms with van der Waals surface area (Å²) in [6.07, 6.45) is 7.25. The molecule has 0 bridgehead atoms. The van der Waals surface area contributed by atoms with Crippen molar-refractivity contribution in [2.24, 2.45) is 0 Å². The molecule has 0 atom stereocenters. The molecule has 0 unspecified atom stereocenters. The minimum atomic E-state index is -4.25. The quantitative estimate of drug-likeness (QED) is 0.411. The fraction of sp³-hybridized carbons (Fsp3) is 0.263. The molecule has 6 nitrogen and oxygen atoms in total. The van der Waals surface area contributed by atoms with Gasteiger partial charge in [0.15, 0.2) is 5.13 Å². The highest BCUT2D eigenvalue weighted by molar-refractivity contribution is 7.86. The second kappa shape index (κ2) is 7.79. The maximum atomic E-state index is 12.8. The number of allylic oxidation sites excluding steroid dienone is 2. The fourth-order valence-corrected chi connectivity index (χ4v) is 4.44. The van der Waals surface area contributed by atoms with E-state index in [1.54, 1.807) is 30.5 Å². The SMILES string of the molecule is CC(C)c1cnc(NC(=O)c2ccccc2C2(Cl)C=CC(S(=O)(=O)O)C=C2)s1. The Kier molecular flexibility index (Phi) is 5.77. The summed E-state index contributed by atoms with van der Waals surface area (Å²) < 4.78 is 31.8. The zero-order valence-electron chi connectivity index (χ0n) is 15.2. The van der Waals surface area contributed by atoms with Gasteiger partial charge in [-0.2, -0.15) is 8.42 Å². The number of thiazole rings is 1. The van der Waals surface area contributed by atoms with Crippen molar-refractivity contribution in [2.45, 2.75) is 29.9 Å². The van der Waals surface area contributed by atoms with Gasteiger partial charge in [0.05, 0.1) is 0 Å². The van der Waals surface area contributed by atoms with E-state index in [2.05, 4.69) is 10.3 Å². The number of halogens is 1. The van der Waals surface area contributed by atoms with Gasteiger partial charge in [0, 0.05) is 16.6 Å². The van der Waals surface area contributed by atoms with Crippen LogP contribution in [0.1, 0.15) is 40.6 Å². The lowest BCUT2D eigenvalue weighted by atomic mass is 9.89. The lowest BCUT2D eigenvalue weighted by Gasteiger charge is -2.26. The van der Waals surface area contributed by atoms with Gasteiger partial charge in [0.2, 0.25) is 0 Å². The summed E-state index contributed by atoms with van der Waals surface area (Å²) >= 11 is 8.08. The first kappa shape index (κ1) is 20.7. The number of benzene rings is 1. The molecule has 0 radical (unpaired) electrons. The number of carbonyl (C=O) groups excluding carboxylic acids is 1. The van der Waals surface area contributed by atoms with Crippen molar-refractivity contribution in [2.75, 3.05) is 5.32 Å². The fourth-order valence-electron chi connectivity index (χ4n) is 2.76. The van der Waals surface area contributed by atoms with E-state index in [4.69, 9.17) is 11.6 Å². The first-order valence-corrected chi connectivity index (χ1v) is 11.2. The maximum Gasteiger partial charge on any atom is 0.275 e. The summed E-state index contributed by atoms with van der Waals surface area (Å²) in [5.41, 5.74) is 0.842. The third kappa shape index (κ3) is 4.35. The van der Waals surface area contributed by atoms with E-state index < -0.39 is 20.2 Å². The standard InChI is InChI=1S/C19H19ClN2O4S2/c1-12(2)16-11-21-18(27-16)22-17(23)14-5-3-4-6-15(14)19(20)9-7-13(8-10-19)28(24,25)26/h3-13H,1-2H3,(H,21,22,23)(H,24,25,26). The first-order valence-electron chi connectivity index (χ1n) is 8.50. The zero-order chi connectivity index (χ0) is 20.5. The predicted octanol–water partition coefficient (Wildman–Crippen LogP) is 4.34. The van der Waals surface area contributed by atoms with Crippen LogP contribution >= 0.6 is 22.9 Å². The van der Waals surface area contributed by atoms with E-state index in [-0.39, 0.29) is 5.91 Å². The Labute approximate surface area is 172 Å². The van der Waals surface area contributed by atoms with Gasteiger partial charge in [0.1, 0.15) is 10.1 Å². The Morgan fingerprint density at radius 2 is 1.93 bits per heavy atom.